The van der Waals surface area contributed by atoms with E-state index in [0.29, 0.717) is 16.5 Å². The number of hydrogen-bond donors (Lipinski definition) is 1. The molecule has 0 saturated heterocycles. The number of thioether (sulfide) groups is 1. The standard InChI is InChI=1S/C11H13NO2S2/c1-3-14-10(13)9(11(15)16-2)12-7-5-4-6-8-12/h4-8H,3H2,1-2H3/p+1. The van der Waals surface area contributed by atoms with Crippen molar-refractivity contribution in [1.82, 2.24) is 0 Å². The quantitative estimate of drug-likeness (QED) is 0.386. The summed E-state index contributed by atoms with van der Waals surface area (Å²) in [5.74, 6) is -0.363. The fourth-order valence-corrected chi connectivity index (χ4v) is 1.74. The highest BCUT2D eigenvalue weighted by molar-refractivity contribution is 8.15. The number of ether oxygens (including phenoxy) is 1. The van der Waals surface area contributed by atoms with Crippen molar-refractivity contribution < 1.29 is 14.1 Å². The molecule has 1 aromatic rings. The van der Waals surface area contributed by atoms with Crippen LogP contribution in [0.4, 0.5) is 0 Å². The Morgan fingerprint density at radius 3 is 2.50 bits per heavy atom. The first-order valence-corrected chi connectivity index (χ1v) is 6.49. The maximum Gasteiger partial charge on any atom is 0.405 e. The summed E-state index contributed by atoms with van der Waals surface area (Å²) in [6.45, 7) is 2.13. The van der Waals surface area contributed by atoms with Gasteiger partial charge in [0, 0.05) is 12.1 Å². The molecule has 0 unspecified atom stereocenters. The van der Waals surface area contributed by atoms with Crippen LogP contribution < -0.4 is 4.57 Å². The number of aromatic nitrogens is 1. The predicted octanol–water partition coefficient (Wildman–Crippen LogP) is 1.96. The molecule has 0 aliphatic carbocycles. The van der Waals surface area contributed by atoms with Gasteiger partial charge in [0.2, 0.25) is 0 Å². The number of pyridine rings is 1. The SMILES string of the molecule is CCOC(=O)/C(=C(/S)SC)[n+]1ccccc1. The molecule has 1 heterocycles. The average Bonchev–Trinajstić information content (AvgIpc) is 2.31. The minimum Gasteiger partial charge on any atom is -0.458 e. The molecule has 0 aliphatic heterocycles. The van der Waals surface area contributed by atoms with Gasteiger partial charge in [-0.3, -0.25) is 0 Å². The molecular weight excluding hydrogens is 242 g/mol. The van der Waals surface area contributed by atoms with Crippen molar-refractivity contribution in [3.8, 4) is 0 Å². The molecule has 0 bridgehead atoms. The zero-order chi connectivity index (χ0) is 12.0. The molecule has 0 radical (unpaired) electrons. The van der Waals surface area contributed by atoms with Gasteiger partial charge < -0.3 is 4.74 Å². The van der Waals surface area contributed by atoms with Gasteiger partial charge in [-0.2, -0.15) is 4.57 Å². The Hall–Kier alpha value is -0.940. The van der Waals surface area contributed by atoms with Crippen molar-refractivity contribution in [3.05, 3.63) is 34.8 Å². The Kier molecular flexibility index (Phi) is 5.42. The average molecular weight is 256 g/mol. The lowest BCUT2D eigenvalue weighted by atomic mass is 10.4. The lowest BCUT2D eigenvalue weighted by Gasteiger charge is -2.03. The second-order valence-electron chi connectivity index (χ2n) is 2.86. The van der Waals surface area contributed by atoms with Gasteiger partial charge in [0.05, 0.1) is 6.61 Å². The van der Waals surface area contributed by atoms with Crippen LogP contribution in [-0.2, 0) is 9.53 Å². The van der Waals surface area contributed by atoms with Crippen LogP contribution in [-0.4, -0.2) is 18.8 Å². The molecule has 3 nitrogen and oxygen atoms in total. The predicted molar refractivity (Wildman–Crippen MR) is 69.0 cm³/mol. The van der Waals surface area contributed by atoms with Crippen molar-refractivity contribution >= 4 is 36.1 Å². The van der Waals surface area contributed by atoms with E-state index in [1.807, 2.05) is 24.5 Å². The van der Waals surface area contributed by atoms with Crippen LogP contribution >= 0.6 is 24.4 Å². The van der Waals surface area contributed by atoms with Crippen molar-refractivity contribution in [2.75, 3.05) is 12.9 Å². The number of hydrogen-bond acceptors (Lipinski definition) is 4. The minimum atomic E-state index is -0.363. The van der Waals surface area contributed by atoms with Crippen molar-refractivity contribution in [1.29, 1.82) is 0 Å². The number of rotatable bonds is 4. The Bertz CT molecular complexity index is 390. The summed E-state index contributed by atoms with van der Waals surface area (Å²) in [7, 11) is 0. The second-order valence-corrected chi connectivity index (χ2v) is 4.43. The summed E-state index contributed by atoms with van der Waals surface area (Å²) in [4.78, 5) is 11.8. The summed E-state index contributed by atoms with van der Waals surface area (Å²) in [6, 6.07) is 5.58. The van der Waals surface area contributed by atoms with E-state index in [1.54, 1.807) is 23.9 Å². The third-order valence-corrected chi connectivity index (χ3v) is 3.18. The third-order valence-electron chi connectivity index (χ3n) is 1.84. The molecule has 0 aromatic carbocycles. The molecule has 5 heteroatoms. The molecule has 0 amide bonds. The zero-order valence-corrected chi connectivity index (χ0v) is 10.9. The Labute approximate surface area is 105 Å². The minimum absolute atomic E-state index is 0.352. The van der Waals surface area contributed by atoms with Gasteiger partial charge in [-0.1, -0.05) is 6.07 Å². The molecular formula is C11H14NO2S2+. The van der Waals surface area contributed by atoms with E-state index in [-0.39, 0.29) is 5.97 Å². The molecule has 16 heavy (non-hydrogen) atoms. The van der Waals surface area contributed by atoms with Gasteiger partial charge >= 0.3 is 11.7 Å². The highest BCUT2D eigenvalue weighted by Gasteiger charge is 2.24. The summed E-state index contributed by atoms with van der Waals surface area (Å²) >= 11 is 5.69. The second kappa shape index (κ2) is 6.60. The van der Waals surface area contributed by atoms with E-state index in [2.05, 4.69) is 12.6 Å². The maximum atomic E-state index is 11.8. The fraction of sp³-hybridized carbons (Fsp3) is 0.273. The fourth-order valence-electron chi connectivity index (χ4n) is 1.15. The van der Waals surface area contributed by atoms with Crippen molar-refractivity contribution in [2.45, 2.75) is 6.92 Å². The summed E-state index contributed by atoms with van der Waals surface area (Å²) in [5.41, 5.74) is 0.443. The largest absolute Gasteiger partial charge is 0.458 e. The maximum absolute atomic E-state index is 11.8. The Balaban J connectivity index is 3.13. The molecule has 86 valence electrons. The van der Waals surface area contributed by atoms with Gasteiger partial charge in [0.15, 0.2) is 12.4 Å². The number of nitrogens with zero attached hydrogens (tertiary/aromatic N) is 1. The van der Waals surface area contributed by atoms with Gasteiger partial charge in [-0.05, 0) is 13.2 Å². The van der Waals surface area contributed by atoms with Crippen molar-refractivity contribution in [3.63, 3.8) is 0 Å². The first-order chi connectivity index (χ1) is 7.70. The molecule has 1 rings (SSSR count). The van der Waals surface area contributed by atoms with Crippen LogP contribution in [0, 0.1) is 0 Å². The van der Waals surface area contributed by atoms with Crippen LogP contribution in [0.1, 0.15) is 6.92 Å². The van der Waals surface area contributed by atoms with Gasteiger partial charge in [-0.15, -0.1) is 24.4 Å². The molecule has 0 fully saturated rings. The first kappa shape index (κ1) is 13.1. The zero-order valence-electron chi connectivity index (χ0n) is 9.21. The highest BCUT2D eigenvalue weighted by atomic mass is 32.2. The highest BCUT2D eigenvalue weighted by Crippen LogP contribution is 2.21. The Morgan fingerprint density at radius 1 is 1.38 bits per heavy atom. The molecule has 0 spiro atoms. The van der Waals surface area contributed by atoms with E-state index in [1.165, 1.54) is 11.8 Å². The van der Waals surface area contributed by atoms with E-state index in [4.69, 9.17) is 4.74 Å². The monoisotopic (exact) mass is 256 g/mol. The molecule has 0 aliphatic rings. The molecule has 1 aromatic heterocycles. The lowest BCUT2D eigenvalue weighted by Crippen LogP contribution is -2.36. The lowest BCUT2D eigenvalue weighted by molar-refractivity contribution is -0.578. The smallest absolute Gasteiger partial charge is 0.405 e. The topological polar surface area (TPSA) is 30.2 Å². The normalized spacial score (nSPS) is 11.9. The Morgan fingerprint density at radius 2 is 2.00 bits per heavy atom. The van der Waals surface area contributed by atoms with E-state index < -0.39 is 0 Å². The van der Waals surface area contributed by atoms with E-state index >= 15 is 0 Å². The van der Waals surface area contributed by atoms with Crippen LogP contribution in [0.25, 0.3) is 5.70 Å². The number of carbonyl (C=O) groups is 1. The van der Waals surface area contributed by atoms with E-state index in [9.17, 15) is 4.79 Å². The van der Waals surface area contributed by atoms with Gasteiger partial charge in [0.1, 0.15) is 4.24 Å². The van der Waals surface area contributed by atoms with E-state index in [0.717, 1.165) is 0 Å². The van der Waals surface area contributed by atoms with Crippen molar-refractivity contribution in [2.24, 2.45) is 0 Å². The van der Waals surface area contributed by atoms with Crippen LogP contribution in [0.2, 0.25) is 0 Å². The molecule has 0 atom stereocenters. The number of thiol groups is 1. The summed E-state index contributed by atoms with van der Waals surface area (Å²) in [6.07, 6.45) is 5.45. The third kappa shape index (κ3) is 3.28. The number of esters is 1. The van der Waals surface area contributed by atoms with Crippen LogP contribution in [0.15, 0.2) is 34.8 Å². The molecule has 0 N–H and O–H groups in total. The first-order valence-electron chi connectivity index (χ1n) is 4.81. The van der Waals surface area contributed by atoms with Crippen LogP contribution in [0.3, 0.4) is 0 Å². The molecule has 0 saturated carbocycles. The number of carbonyl (C=O) groups excluding carboxylic acids is 1. The van der Waals surface area contributed by atoms with Gasteiger partial charge in [-0.25, -0.2) is 4.79 Å². The summed E-state index contributed by atoms with van der Waals surface area (Å²) in [5, 5.41) is 0. The van der Waals surface area contributed by atoms with Gasteiger partial charge in [0.25, 0.3) is 0 Å². The van der Waals surface area contributed by atoms with Crippen LogP contribution in [0.5, 0.6) is 0 Å². The summed E-state index contributed by atoms with van der Waals surface area (Å²) < 4.78 is 7.34.